The van der Waals surface area contributed by atoms with Gasteiger partial charge < -0.3 is 14.4 Å². The second-order valence-electron chi connectivity index (χ2n) is 6.52. The molecule has 0 saturated heterocycles. The third kappa shape index (κ3) is 5.63. The van der Waals surface area contributed by atoms with E-state index in [9.17, 15) is 24.5 Å². The molecule has 2 rings (SSSR count). The number of carbonyl (C=O) groups is 3. The lowest BCUT2D eigenvalue weighted by atomic mass is 10.1. The number of nitro benzene ring substituents is 1. The summed E-state index contributed by atoms with van der Waals surface area (Å²) in [6.07, 6.45) is 0. The number of non-ortho nitro benzene ring substituents is 1. The van der Waals surface area contributed by atoms with E-state index in [2.05, 4.69) is 0 Å². The van der Waals surface area contributed by atoms with Gasteiger partial charge in [0.15, 0.2) is 6.61 Å². The standard InChI is InChI=1S/C21H22N2O7/c1-4-29-20(25)15-10-16(12-18(11-15)23(27)28)21(26)30-13-19(24)22(14(2)3)17-8-6-5-7-9-17/h5-12,14H,4,13H2,1-3H3. The van der Waals surface area contributed by atoms with Crippen LogP contribution in [-0.2, 0) is 14.3 Å². The maximum absolute atomic E-state index is 12.6. The van der Waals surface area contributed by atoms with Gasteiger partial charge in [0.1, 0.15) is 0 Å². The van der Waals surface area contributed by atoms with Gasteiger partial charge in [0.2, 0.25) is 0 Å². The van der Waals surface area contributed by atoms with Crippen molar-refractivity contribution in [3.05, 3.63) is 69.8 Å². The van der Waals surface area contributed by atoms with Crippen molar-refractivity contribution in [3.63, 3.8) is 0 Å². The molecule has 0 N–H and O–H groups in total. The summed E-state index contributed by atoms with van der Waals surface area (Å²) in [6, 6.07) is 11.8. The Morgan fingerprint density at radius 3 is 2.07 bits per heavy atom. The lowest BCUT2D eigenvalue weighted by molar-refractivity contribution is -0.384. The van der Waals surface area contributed by atoms with Crippen LogP contribution in [0.3, 0.4) is 0 Å². The topological polar surface area (TPSA) is 116 Å². The molecule has 0 unspecified atom stereocenters. The van der Waals surface area contributed by atoms with Crippen molar-refractivity contribution in [1.82, 2.24) is 0 Å². The minimum Gasteiger partial charge on any atom is -0.462 e. The molecule has 0 bridgehead atoms. The molecule has 0 saturated carbocycles. The summed E-state index contributed by atoms with van der Waals surface area (Å²) in [7, 11) is 0. The van der Waals surface area contributed by atoms with Gasteiger partial charge in [0.05, 0.1) is 22.7 Å². The maximum atomic E-state index is 12.6. The minimum atomic E-state index is -0.964. The zero-order valence-electron chi connectivity index (χ0n) is 16.9. The zero-order valence-corrected chi connectivity index (χ0v) is 16.9. The number of hydrogen-bond donors (Lipinski definition) is 0. The Morgan fingerprint density at radius 2 is 1.57 bits per heavy atom. The van der Waals surface area contributed by atoms with Crippen molar-refractivity contribution in [2.24, 2.45) is 0 Å². The Bertz CT molecular complexity index is 942. The van der Waals surface area contributed by atoms with E-state index in [-0.39, 0.29) is 23.8 Å². The summed E-state index contributed by atoms with van der Waals surface area (Å²) in [5.74, 6) is -2.23. The highest BCUT2D eigenvalue weighted by molar-refractivity contribution is 5.99. The van der Waals surface area contributed by atoms with Gasteiger partial charge in [-0.15, -0.1) is 0 Å². The second-order valence-corrected chi connectivity index (χ2v) is 6.52. The molecule has 9 heteroatoms. The molecule has 0 atom stereocenters. The normalized spacial score (nSPS) is 10.4. The first-order valence-electron chi connectivity index (χ1n) is 9.25. The van der Waals surface area contributed by atoms with Gasteiger partial charge in [-0.05, 0) is 39.0 Å². The summed E-state index contributed by atoms with van der Waals surface area (Å²) >= 11 is 0. The summed E-state index contributed by atoms with van der Waals surface area (Å²) in [5.41, 5.74) is -0.200. The van der Waals surface area contributed by atoms with E-state index in [1.165, 1.54) is 4.90 Å². The van der Waals surface area contributed by atoms with Gasteiger partial charge in [0.25, 0.3) is 11.6 Å². The van der Waals surface area contributed by atoms with E-state index in [1.807, 2.05) is 19.9 Å². The maximum Gasteiger partial charge on any atom is 0.338 e. The van der Waals surface area contributed by atoms with Crippen LogP contribution in [0.4, 0.5) is 11.4 Å². The lowest BCUT2D eigenvalue weighted by Gasteiger charge is -2.26. The molecule has 0 fully saturated rings. The molecular formula is C21H22N2O7. The molecule has 30 heavy (non-hydrogen) atoms. The highest BCUT2D eigenvalue weighted by Crippen LogP contribution is 2.20. The molecule has 2 aromatic rings. The lowest BCUT2D eigenvalue weighted by Crippen LogP contribution is -2.39. The number of rotatable bonds is 8. The molecule has 0 aliphatic rings. The first kappa shape index (κ1) is 22.5. The fourth-order valence-corrected chi connectivity index (χ4v) is 2.77. The molecule has 0 aliphatic carbocycles. The molecule has 0 heterocycles. The average molecular weight is 414 g/mol. The first-order valence-corrected chi connectivity index (χ1v) is 9.25. The van der Waals surface area contributed by atoms with Crippen LogP contribution in [0.15, 0.2) is 48.5 Å². The van der Waals surface area contributed by atoms with Crippen LogP contribution in [0.25, 0.3) is 0 Å². The van der Waals surface area contributed by atoms with Gasteiger partial charge in [-0.1, -0.05) is 18.2 Å². The molecule has 0 radical (unpaired) electrons. The van der Waals surface area contributed by atoms with E-state index in [1.54, 1.807) is 31.2 Å². The fourth-order valence-electron chi connectivity index (χ4n) is 2.77. The van der Waals surface area contributed by atoms with E-state index in [0.29, 0.717) is 5.69 Å². The number of hydrogen-bond acceptors (Lipinski definition) is 7. The van der Waals surface area contributed by atoms with Gasteiger partial charge in [0, 0.05) is 23.9 Å². The van der Waals surface area contributed by atoms with Gasteiger partial charge in [-0.3, -0.25) is 14.9 Å². The molecule has 9 nitrogen and oxygen atoms in total. The molecule has 158 valence electrons. The van der Waals surface area contributed by atoms with Crippen LogP contribution in [0.5, 0.6) is 0 Å². The van der Waals surface area contributed by atoms with E-state index in [0.717, 1.165) is 18.2 Å². The SMILES string of the molecule is CCOC(=O)c1cc(C(=O)OCC(=O)N(c2ccccc2)C(C)C)cc([N+](=O)[O-])c1. The Labute approximate surface area is 173 Å². The monoisotopic (exact) mass is 414 g/mol. The van der Waals surface area contributed by atoms with Gasteiger partial charge in [-0.25, -0.2) is 9.59 Å². The Morgan fingerprint density at radius 1 is 1.00 bits per heavy atom. The molecule has 1 amide bonds. The van der Waals surface area contributed by atoms with Crippen molar-refractivity contribution >= 4 is 29.2 Å². The van der Waals surface area contributed by atoms with Crippen molar-refractivity contribution < 1.29 is 28.8 Å². The number of esters is 2. The Balaban J connectivity index is 2.19. The van der Waals surface area contributed by atoms with Gasteiger partial charge in [-0.2, -0.15) is 0 Å². The van der Waals surface area contributed by atoms with Crippen LogP contribution >= 0.6 is 0 Å². The minimum absolute atomic E-state index is 0.0698. The number of nitrogens with zero attached hydrogens (tertiary/aromatic N) is 2. The predicted octanol–water partition coefficient (Wildman–Crippen LogP) is 3.37. The number of para-hydroxylation sites is 1. The average Bonchev–Trinajstić information content (AvgIpc) is 2.72. The Hall–Kier alpha value is -3.75. The third-order valence-corrected chi connectivity index (χ3v) is 4.02. The number of benzene rings is 2. The van der Waals surface area contributed by atoms with E-state index >= 15 is 0 Å². The summed E-state index contributed by atoms with van der Waals surface area (Å²) in [5, 5.41) is 11.1. The van der Waals surface area contributed by atoms with Crippen molar-refractivity contribution in [1.29, 1.82) is 0 Å². The fraction of sp³-hybridized carbons (Fsp3) is 0.286. The first-order chi connectivity index (χ1) is 14.2. The predicted molar refractivity (Wildman–Crippen MR) is 108 cm³/mol. The number of anilines is 1. The quantitative estimate of drug-likeness (QED) is 0.369. The zero-order chi connectivity index (χ0) is 22.3. The third-order valence-electron chi connectivity index (χ3n) is 4.02. The number of carbonyl (C=O) groups excluding carboxylic acids is 3. The molecule has 2 aromatic carbocycles. The summed E-state index contributed by atoms with van der Waals surface area (Å²) in [6.45, 7) is 4.73. The van der Waals surface area contributed by atoms with Crippen LogP contribution in [0, 0.1) is 10.1 Å². The summed E-state index contributed by atoms with van der Waals surface area (Å²) in [4.78, 5) is 48.8. The largest absolute Gasteiger partial charge is 0.462 e. The van der Waals surface area contributed by atoms with Crippen molar-refractivity contribution in [2.45, 2.75) is 26.8 Å². The van der Waals surface area contributed by atoms with Gasteiger partial charge >= 0.3 is 11.9 Å². The van der Waals surface area contributed by atoms with Crippen LogP contribution < -0.4 is 4.90 Å². The highest BCUT2D eigenvalue weighted by atomic mass is 16.6. The molecule has 0 aromatic heterocycles. The van der Waals surface area contributed by atoms with Crippen molar-refractivity contribution in [3.8, 4) is 0 Å². The van der Waals surface area contributed by atoms with Crippen LogP contribution in [0.1, 0.15) is 41.5 Å². The smallest absolute Gasteiger partial charge is 0.338 e. The molecule has 0 aliphatic heterocycles. The molecule has 0 spiro atoms. The highest BCUT2D eigenvalue weighted by Gasteiger charge is 2.23. The van der Waals surface area contributed by atoms with Crippen LogP contribution in [0.2, 0.25) is 0 Å². The van der Waals surface area contributed by atoms with E-state index < -0.39 is 35.1 Å². The Kier molecular flexibility index (Phi) is 7.62. The molecular weight excluding hydrogens is 392 g/mol. The number of nitro groups is 1. The van der Waals surface area contributed by atoms with Crippen molar-refractivity contribution in [2.75, 3.05) is 18.1 Å². The second kappa shape index (κ2) is 10.1. The van der Waals surface area contributed by atoms with E-state index in [4.69, 9.17) is 9.47 Å². The number of ether oxygens (including phenoxy) is 2. The van der Waals surface area contributed by atoms with Crippen LogP contribution in [-0.4, -0.2) is 42.0 Å². The number of amides is 1. The summed E-state index contributed by atoms with van der Waals surface area (Å²) < 4.78 is 9.90.